The third-order valence-electron chi connectivity index (χ3n) is 5.25. The highest BCUT2D eigenvalue weighted by atomic mass is 32.2. The Bertz CT molecular complexity index is 1210. The molecule has 1 amide bonds. The Balaban J connectivity index is 1.61. The fraction of sp³-hybridized carbons (Fsp3) is 0.364. The van der Waals surface area contributed by atoms with Crippen LogP contribution in [0, 0.1) is 13.8 Å². The first-order valence-electron chi connectivity index (χ1n) is 10.2. The molecule has 8 heteroatoms. The number of aromatic nitrogens is 5. The van der Waals surface area contributed by atoms with Gasteiger partial charge in [0.05, 0.1) is 11.4 Å². The van der Waals surface area contributed by atoms with Crippen molar-refractivity contribution in [3.63, 3.8) is 0 Å². The van der Waals surface area contributed by atoms with E-state index in [0.29, 0.717) is 10.9 Å². The van der Waals surface area contributed by atoms with Gasteiger partial charge < -0.3 is 4.90 Å². The number of fused-ring (bicyclic) bond motifs is 3. The normalized spacial score (nSPS) is 11.5. The second-order valence-electron chi connectivity index (χ2n) is 7.61. The number of nitrogens with zero attached hydrogens (tertiary/aromatic N) is 6. The lowest BCUT2D eigenvalue weighted by atomic mass is 10.0. The Labute approximate surface area is 180 Å². The van der Waals surface area contributed by atoms with Gasteiger partial charge in [0.15, 0.2) is 10.8 Å². The second kappa shape index (κ2) is 8.47. The summed E-state index contributed by atoms with van der Waals surface area (Å²) in [6.45, 7) is 7.08. The van der Waals surface area contributed by atoms with Gasteiger partial charge in [0, 0.05) is 31.5 Å². The van der Waals surface area contributed by atoms with Gasteiger partial charge in [-0.1, -0.05) is 42.8 Å². The van der Waals surface area contributed by atoms with Crippen LogP contribution in [0.2, 0.25) is 0 Å². The van der Waals surface area contributed by atoms with Gasteiger partial charge in [-0.2, -0.15) is 5.10 Å². The van der Waals surface area contributed by atoms with Crippen LogP contribution in [0.3, 0.4) is 0 Å². The van der Waals surface area contributed by atoms with Crippen LogP contribution in [0.5, 0.6) is 0 Å². The molecular weight excluding hydrogens is 396 g/mol. The fourth-order valence-electron chi connectivity index (χ4n) is 3.39. The van der Waals surface area contributed by atoms with Crippen LogP contribution >= 0.6 is 11.8 Å². The molecule has 156 valence electrons. The first-order valence-corrected chi connectivity index (χ1v) is 11.1. The minimum absolute atomic E-state index is 0.104. The molecule has 0 aliphatic rings. The summed E-state index contributed by atoms with van der Waals surface area (Å²) >= 11 is 1.41. The smallest absolute Gasteiger partial charge is 0.232 e. The quantitative estimate of drug-likeness (QED) is 0.421. The zero-order valence-electron chi connectivity index (χ0n) is 17.8. The monoisotopic (exact) mass is 422 g/mol. The first-order chi connectivity index (χ1) is 14.5. The van der Waals surface area contributed by atoms with E-state index < -0.39 is 0 Å². The van der Waals surface area contributed by atoms with Crippen molar-refractivity contribution in [1.82, 2.24) is 29.1 Å². The van der Waals surface area contributed by atoms with Crippen molar-refractivity contribution < 1.29 is 4.79 Å². The maximum Gasteiger partial charge on any atom is 0.232 e. The van der Waals surface area contributed by atoms with Gasteiger partial charge >= 0.3 is 0 Å². The summed E-state index contributed by atoms with van der Waals surface area (Å²) in [5.41, 5.74) is 6.03. The minimum Gasteiger partial charge on any atom is -0.345 e. The summed E-state index contributed by atoms with van der Waals surface area (Å²) in [5.74, 6) is 0.451. The third kappa shape index (κ3) is 3.92. The van der Waals surface area contributed by atoms with E-state index in [4.69, 9.17) is 5.10 Å². The van der Waals surface area contributed by atoms with E-state index in [9.17, 15) is 4.79 Å². The number of rotatable bonds is 7. The van der Waals surface area contributed by atoms with E-state index in [1.807, 2.05) is 34.4 Å². The van der Waals surface area contributed by atoms with Gasteiger partial charge in [0.2, 0.25) is 5.91 Å². The zero-order chi connectivity index (χ0) is 21.3. The lowest BCUT2D eigenvalue weighted by Gasteiger charge is -2.15. The molecule has 4 rings (SSSR count). The number of hydrogen-bond acceptors (Lipinski definition) is 5. The number of unbranched alkanes of at least 4 members (excludes halogenated alkanes) is 1. The van der Waals surface area contributed by atoms with Crippen LogP contribution in [-0.4, -0.2) is 54.4 Å². The Kier molecular flexibility index (Phi) is 5.76. The van der Waals surface area contributed by atoms with Crippen molar-refractivity contribution in [2.24, 2.45) is 0 Å². The molecule has 0 saturated carbocycles. The summed E-state index contributed by atoms with van der Waals surface area (Å²) in [6.07, 6.45) is 5.89. The molecule has 0 radical (unpaired) electrons. The molecule has 0 unspecified atom stereocenters. The van der Waals surface area contributed by atoms with E-state index in [1.165, 1.54) is 22.9 Å². The molecule has 0 aliphatic heterocycles. The van der Waals surface area contributed by atoms with Crippen LogP contribution in [-0.2, 0) is 4.79 Å². The van der Waals surface area contributed by atoms with Crippen molar-refractivity contribution in [3.05, 3.63) is 47.8 Å². The molecule has 30 heavy (non-hydrogen) atoms. The summed E-state index contributed by atoms with van der Waals surface area (Å²) in [6, 6.07) is 8.42. The van der Waals surface area contributed by atoms with Crippen molar-refractivity contribution in [2.75, 3.05) is 19.3 Å². The Morgan fingerprint density at radius 1 is 1.17 bits per heavy atom. The molecule has 7 nitrogen and oxygen atoms in total. The van der Waals surface area contributed by atoms with Crippen molar-refractivity contribution in [3.8, 4) is 11.3 Å². The SMILES string of the molecule is CCCCN(C)C(=O)CSc1nnc2c3cc(-c4cc(C)ccc4C)nn3ccn12. The summed E-state index contributed by atoms with van der Waals surface area (Å²) in [5, 5.41) is 14.1. The molecular formula is C22H26N6OS. The number of thioether (sulfide) groups is 1. The lowest BCUT2D eigenvalue weighted by molar-refractivity contribution is -0.127. The molecule has 3 aromatic heterocycles. The number of aryl methyl sites for hydroxylation is 2. The largest absolute Gasteiger partial charge is 0.345 e. The molecule has 0 N–H and O–H groups in total. The molecule has 0 saturated heterocycles. The molecule has 1 aromatic carbocycles. The predicted molar refractivity (Wildman–Crippen MR) is 120 cm³/mol. The maximum absolute atomic E-state index is 12.3. The van der Waals surface area contributed by atoms with Crippen LogP contribution in [0.4, 0.5) is 0 Å². The predicted octanol–water partition coefficient (Wildman–Crippen LogP) is 4.01. The third-order valence-corrected chi connectivity index (χ3v) is 6.18. The molecule has 0 spiro atoms. The average Bonchev–Trinajstić information content (AvgIpc) is 3.35. The Hall–Kier alpha value is -2.87. The van der Waals surface area contributed by atoms with Crippen molar-refractivity contribution in [1.29, 1.82) is 0 Å². The van der Waals surface area contributed by atoms with Gasteiger partial charge in [-0.25, -0.2) is 4.52 Å². The Morgan fingerprint density at radius 2 is 2.00 bits per heavy atom. The van der Waals surface area contributed by atoms with Gasteiger partial charge in [-0.15, -0.1) is 10.2 Å². The number of amides is 1. The number of carbonyl (C=O) groups is 1. The van der Waals surface area contributed by atoms with E-state index in [2.05, 4.69) is 49.2 Å². The highest BCUT2D eigenvalue weighted by molar-refractivity contribution is 7.99. The maximum atomic E-state index is 12.3. The summed E-state index contributed by atoms with van der Waals surface area (Å²) < 4.78 is 3.76. The molecule has 4 aromatic rings. The molecule has 0 bridgehead atoms. The van der Waals surface area contributed by atoms with Gasteiger partial charge in [-0.3, -0.25) is 9.20 Å². The average molecular weight is 423 g/mol. The minimum atomic E-state index is 0.104. The van der Waals surface area contributed by atoms with Crippen LogP contribution in [0.1, 0.15) is 30.9 Å². The molecule has 0 atom stereocenters. The number of carbonyl (C=O) groups excluding carboxylic acids is 1. The topological polar surface area (TPSA) is 67.8 Å². The Morgan fingerprint density at radius 3 is 2.80 bits per heavy atom. The lowest BCUT2D eigenvalue weighted by Crippen LogP contribution is -2.29. The molecule has 0 aliphatic carbocycles. The summed E-state index contributed by atoms with van der Waals surface area (Å²) in [4.78, 5) is 14.1. The second-order valence-corrected chi connectivity index (χ2v) is 8.55. The van der Waals surface area contributed by atoms with Crippen molar-refractivity contribution in [2.45, 2.75) is 38.8 Å². The number of hydrogen-bond donors (Lipinski definition) is 0. The van der Waals surface area contributed by atoms with Gasteiger partial charge in [0.1, 0.15) is 5.52 Å². The zero-order valence-corrected chi connectivity index (χ0v) is 18.6. The van der Waals surface area contributed by atoms with E-state index in [0.717, 1.165) is 41.8 Å². The highest BCUT2D eigenvalue weighted by Crippen LogP contribution is 2.27. The molecule has 0 fully saturated rings. The fourth-order valence-corrected chi connectivity index (χ4v) is 4.25. The van der Waals surface area contributed by atoms with E-state index >= 15 is 0 Å². The van der Waals surface area contributed by atoms with Crippen molar-refractivity contribution >= 4 is 28.8 Å². The van der Waals surface area contributed by atoms with Crippen LogP contribution in [0.15, 0.2) is 41.8 Å². The van der Waals surface area contributed by atoms with Gasteiger partial charge in [-0.05, 0) is 38.0 Å². The van der Waals surface area contributed by atoms with Crippen LogP contribution < -0.4 is 0 Å². The van der Waals surface area contributed by atoms with Crippen LogP contribution in [0.25, 0.3) is 22.4 Å². The summed E-state index contributed by atoms with van der Waals surface area (Å²) in [7, 11) is 1.85. The highest BCUT2D eigenvalue weighted by Gasteiger charge is 2.16. The van der Waals surface area contributed by atoms with Gasteiger partial charge in [0.25, 0.3) is 0 Å². The number of benzene rings is 1. The first kappa shape index (κ1) is 20.4. The van der Waals surface area contributed by atoms with E-state index in [-0.39, 0.29) is 5.91 Å². The standard InChI is InChI=1S/C22H26N6OS/c1-5-6-9-26(4)20(29)14-30-22-24-23-21-19-13-18(25-28(19)11-10-27(21)22)17-12-15(2)7-8-16(17)3/h7-8,10-13H,5-6,9,14H2,1-4H3. The van der Waals surface area contributed by atoms with E-state index in [1.54, 1.807) is 4.90 Å². The molecule has 3 heterocycles.